The molecule has 1 aliphatic rings. The molecule has 0 atom stereocenters. The largest absolute Gasteiger partial charge is 1.00 e. The van der Waals surface area contributed by atoms with E-state index < -0.39 is 11.6 Å². The number of carbonyl (C=O) groups is 2. The Morgan fingerprint density at radius 2 is 2.05 bits per heavy atom. The minimum atomic E-state index is -1.24. The third-order valence-electron chi connectivity index (χ3n) is 2.94. The van der Waals surface area contributed by atoms with Gasteiger partial charge in [0.2, 0.25) is 0 Å². The number of carboxylic acids is 1. The quantitative estimate of drug-likeness (QED) is 0.547. The van der Waals surface area contributed by atoms with Crippen LogP contribution in [0.4, 0.5) is 4.79 Å². The zero-order valence-electron chi connectivity index (χ0n) is 12.8. The number of carbonyl (C=O) groups excluding carboxylic acids is 2. The number of fused-ring (bicyclic) bond motifs is 1. The third kappa shape index (κ3) is 4.69. The van der Waals surface area contributed by atoms with Crippen molar-refractivity contribution in [2.24, 2.45) is 0 Å². The molecule has 0 saturated carbocycles. The summed E-state index contributed by atoms with van der Waals surface area (Å²) in [5.74, 6) is -1.24. The maximum absolute atomic E-state index is 12.0. The van der Waals surface area contributed by atoms with Gasteiger partial charge < -0.3 is 19.5 Å². The van der Waals surface area contributed by atoms with E-state index in [0.717, 1.165) is 5.56 Å². The summed E-state index contributed by atoms with van der Waals surface area (Å²) in [7, 11) is 0. The van der Waals surface area contributed by atoms with Gasteiger partial charge in [-0.05, 0) is 38.8 Å². The van der Waals surface area contributed by atoms with Crippen LogP contribution >= 0.6 is 0 Å². The molecule has 2 rings (SSSR count). The van der Waals surface area contributed by atoms with Crippen LogP contribution in [0.1, 0.15) is 42.4 Å². The first-order chi connectivity index (χ1) is 9.26. The predicted molar refractivity (Wildman–Crippen MR) is 68.9 cm³/mol. The molecule has 0 fully saturated rings. The number of hydrogen-bond acceptors (Lipinski definition) is 5. The van der Waals surface area contributed by atoms with E-state index in [4.69, 9.17) is 4.74 Å². The second-order valence-electron chi connectivity index (χ2n) is 5.77. The molecule has 1 aliphatic heterocycles. The Morgan fingerprint density at radius 3 is 2.62 bits per heavy atom. The topological polar surface area (TPSA) is 82.6 Å². The average Bonchev–Trinajstić information content (AvgIpc) is 2.35. The van der Waals surface area contributed by atoms with Crippen molar-refractivity contribution < 1.29 is 49.0 Å². The molecule has 0 bridgehead atoms. The van der Waals surface area contributed by atoms with Crippen LogP contribution in [0.25, 0.3) is 0 Å². The van der Waals surface area contributed by atoms with Crippen molar-refractivity contribution in [3.05, 3.63) is 29.1 Å². The van der Waals surface area contributed by atoms with Crippen LogP contribution in [0.5, 0.6) is 0 Å². The molecule has 6 nitrogen and oxygen atoms in total. The maximum Gasteiger partial charge on any atom is 1.00 e. The summed E-state index contributed by atoms with van der Waals surface area (Å²) in [6, 6.07) is 1.56. The SMILES string of the molecule is CC(C)(C)OC(=O)N1CCc2cc(C(=O)[O-])cnc2C1.[Na+]. The van der Waals surface area contributed by atoms with Gasteiger partial charge in [-0.2, -0.15) is 0 Å². The van der Waals surface area contributed by atoms with Gasteiger partial charge in [-0.25, -0.2) is 4.79 Å². The first-order valence-corrected chi connectivity index (χ1v) is 6.43. The van der Waals surface area contributed by atoms with E-state index in [1.165, 1.54) is 6.20 Å². The van der Waals surface area contributed by atoms with Crippen LogP contribution in [0.3, 0.4) is 0 Å². The van der Waals surface area contributed by atoms with Gasteiger partial charge in [-0.15, -0.1) is 0 Å². The fourth-order valence-electron chi connectivity index (χ4n) is 2.01. The second-order valence-corrected chi connectivity index (χ2v) is 5.77. The van der Waals surface area contributed by atoms with Crippen LogP contribution in [0, 0.1) is 0 Å². The molecule has 1 aromatic rings. The normalized spacial score (nSPS) is 14.0. The number of nitrogens with zero attached hydrogens (tertiary/aromatic N) is 2. The molecule has 1 aromatic heterocycles. The average molecular weight is 300 g/mol. The molecule has 21 heavy (non-hydrogen) atoms. The van der Waals surface area contributed by atoms with Gasteiger partial charge in [0.05, 0.1) is 18.2 Å². The number of rotatable bonds is 1. The van der Waals surface area contributed by atoms with E-state index in [9.17, 15) is 14.7 Å². The molecule has 1 amide bonds. The molecule has 0 saturated heterocycles. The standard InChI is InChI=1S/C14H18N2O4.Na/c1-14(2,3)20-13(19)16-5-4-9-6-10(12(17)18)7-15-11(9)8-16;/h6-7H,4-5,8H2,1-3H3,(H,17,18);/q;+1/p-1. The summed E-state index contributed by atoms with van der Waals surface area (Å²) in [5, 5.41) is 10.8. The second kappa shape index (κ2) is 6.77. The van der Waals surface area contributed by atoms with Crippen LogP contribution in [0.15, 0.2) is 12.3 Å². The maximum atomic E-state index is 12.0. The fourth-order valence-corrected chi connectivity index (χ4v) is 2.01. The Hall–Kier alpha value is -1.11. The molecule has 0 N–H and O–H groups in total. The van der Waals surface area contributed by atoms with Crippen LogP contribution in [-0.2, 0) is 17.7 Å². The van der Waals surface area contributed by atoms with Crippen molar-refractivity contribution in [2.75, 3.05) is 6.54 Å². The van der Waals surface area contributed by atoms with E-state index in [2.05, 4.69) is 4.98 Å². The molecule has 108 valence electrons. The van der Waals surface area contributed by atoms with Crippen molar-refractivity contribution in [1.82, 2.24) is 9.88 Å². The summed E-state index contributed by atoms with van der Waals surface area (Å²) in [6.07, 6.45) is 1.43. The van der Waals surface area contributed by atoms with Crippen molar-refractivity contribution in [3.63, 3.8) is 0 Å². The molecule has 7 heteroatoms. The number of amides is 1. The van der Waals surface area contributed by atoms with Crippen LogP contribution < -0.4 is 34.7 Å². The summed E-state index contributed by atoms with van der Waals surface area (Å²) >= 11 is 0. The summed E-state index contributed by atoms with van der Waals surface area (Å²) in [5.41, 5.74) is 1.07. The Bertz CT molecular complexity index is 554. The van der Waals surface area contributed by atoms with Gasteiger partial charge >= 0.3 is 35.7 Å². The zero-order chi connectivity index (χ0) is 14.9. The fraction of sp³-hybridized carbons (Fsp3) is 0.500. The molecule has 0 aliphatic carbocycles. The monoisotopic (exact) mass is 300 g/mol. The van der Waals surface area contributed by atoms with Crippen molar-refractivity contribution in [1.29, 1.82) is 0 Å². The summed E-state index contributed by atoms with van der Waals surface area (Å²) in [4.78, 5) is 28.4. The number of carboxylic acid groups (broad SMARTS) is 1. The number of pyridine rings is 1. The van der Waals surface area contributed by atoms with Crippen molar-refractivity contribution in [2.45, 2.75) is 39.3 Å². The molecule has 0 radical (unpaired) electrons. The Morgan fingerprint density at radius 1 is 1.38 bits per heavy atom. The van der Waals surface area contributed by atoms with E-state index in [1.54, 1.807) is 11.0 Å². The Kier molecular flexibility index (Phi) is 5.78. The van der Waals surface area contributed by atoms with Crippen molar-refractivity contribution in [3.8, 4) is 0 Å². The Balaban J connectivity index is 0.00000220. The van der Waals surface area contributed by atoms with Gasteiger partial charge in [0, 0.05) is 18.3 Å². The van der Waals surface area contributed by atoms with Gasteiger partial charge in [-0.3, -0.25) is 4.98 Å². The first kappa shape index (κ1) is 17.9. The molecule has 0 spiro atoms. The Labute approximate surface area is 145 Å². The minimum absolute atomic E-state index is 0. The molecule has 0 unspecified atom stereocenters. The number of aromatic nitrogens is 1. The predicted octanol–water partition coefficient (Wildman–Crippen LogP) is -2.26. The minimum Gasteiger partial charge on any atom is -0.545 e. The first-order valence-electron chi connectivity index (χ1n) is 6.43. The molecule has 0 aromatic carbocycles. The van der Waals surface area contributed by atoms with Gasteiger partial charge in [-0.1, -0.05) is 0 Å². The summed E-state index contributed by atoms with van der Waals surface area (Å²) in [6.45, 7) is 6.26. The summed E-state index contributed by atoms with van der Waals surface area (Å²) < 4.78 is 5.31. The van der Waals surface area contributed by atoms with E-state index >= 15 is 0 Å². The molecule has 2 heterocycles. The molecular weight excluding hydrogens is 283 g/mol. The smallest absolute Gasteiger partial charge is 0.545 e. The number of aromatic carboxylic acids is 1. The van der Waals surface area contributed by atoms with E-state index in [0.29, 0.717) is 25.2 Å². The number of ether oxygens (including phenoxy) is 1. The zero-order valence-corrected chi connectivity index (χ0v) is 14.8. The van der Waals surface area contributed by atoms with E-state index in [1.807, 2.05) is 20.8 Å². The third-order valence-corrected chi connectivity index (χ3v) is 2.94. The van der Waals surface area contributed by atoms with Crippen molar-refractivity contribution >= 4 is 12.1 Å². The van der Waals surface area contributed by atoms with Gasteiger partial charge in [0.25, 0.3) is 0 Å². The van der Waals surface area contributed by atoms with Crippen LogP contribution in [0.2, 0.25) is 0 Å². The van der Waals surface area contributed by atoms with Gasteiger partial charge in [0.1, 0.15) is 5.60 Å². The van der Waals surface area contributed by atoms with Crippen LogP contribution in [-0.4, -0.2) is 34.1 Å². The number of hydrogen-bond donors (Lipinski definition) is 0. The van der Waals surface area contributed by atoms with Gasteiger partial charge in [0.15, 0.2) is 0 Å². The van der Waals surface area contributed by atoms with E-state index in [-0.39, 0.29) is 41.2 Å². The molecular formula is C14H17N2NaO4.